The fourth-order valence-corrected chi connectivity index (χ4v) is 4.03. The Labute approximate surface area is 141 Å². The van der Waals surface area contributed by atoms with Gasteiger partial charge in [0.15, 0.2) is 0 Å². The molecule has 2 aromatic carbocycles. The van der Waals surface area contributed by atoms with E-state index in [0.29, 0.717) is 11.6 Å². The van der Waals surface area contributed by atoms with Crippen molar-refractivity contribution < 1.29 is 4.79 Å². The molecule has 0 bridgehead atoms. The second-order valence-electron chi connectivity index (χ2n) is 5.74. The topological polar surface area (TPSA) is 41.1 Å². The Morgan fingerprint density at radius 3 is 2.96 bits per heavy atom. The van der Waals surface area contributed by atoms with Crippen LogP contribution in [0.15, 0.2) is 53.4 Å². The number of carbonyl (C=O) groups excluding carboxylic acids is 1. The minimum atomic E-state index is -0.0388. The molecular weight excluding hydrogens is 304 g/mol. The van der Waals surface area contributed by atoms with Crippen LogP contribution in [0.2, 0.25) is 0 Å². The molecule has 120 valence electrons. The Bertz CT molecular complexity index is 687. The molecule has 23 heavy (non-hydrogen) atoms. The molecule has 0 radical (unpaired) electrons. The first-order chi connectivity index (χ1) is 11.3. The molecule has 0 unspecified atom stereocenters. The highest BCUT2D eigenvalue weighted by molar-refractivity contribution is 7.99. The zero-order valence-electron chi connectivity index (χ0n) is 13.3. The minimum absolute atomic E-state index is 0.0388. The molecule has 2 aromatic rings. The van der Waals surface area contributed by atoms with Gasteiger partial charge in [0.1, 0.15) is 0 Å². The molecule has 1 atom stereocenters. The maximum atomic E-state index is 11.7. The SMILES string of the molecule is CNC(=O)c1cccc(CN[C@H]2CCCSc3ccccc32)c1. The number of hydrogen-bond donors (Lipinski definition) is 2. The summed E-state index contributed by atoms with van der Waals surface area (Å²) in [6, 6.07) is 16.9. The third kappa shape index (κ3) is 3.95. The Balaban J connectivity index is 1.72. The molecule has 0 saturated heterocycles. The Morgan fingerprint density at radius 2 is 2.09 bits per heavy atom. The lowest BCUT2D eigenvalue weighted by atomic mass is 10.0. The molecule has 0 fully saturated rings. The van der Waals surface area contributed by atoms with Crippen molar-refractivity contribution in [3.8, 4) is 0 Å². The first-order valence-electron chi connectivity index (χ1n) is 8.04. The van der Waals surface area contributed by atoms with E-state index in [4.69, 9.17) is 0 Å². The number of carbonyl (C=O) groups is 1. The monoisotopic (exact) mass is 326 g/mol. The highest BCUT2D eigenvalue weighted by atomic mass is 32.2. The van der Waals surface area contributed by atoms with Crippen molar-refractivity contribution in [3.63, 3.8) is 0 Å². The van der Waals surface area contributed by atoms with Crippen molar-refractivity contribution in [2.24, 2.45) is 0 Å². The van der Waals surface area contributed by atoms with Crippen molar-refractivity contribution in [3.05, 3.63) is 65.2 Å². The standard InChI is InChI=1S/C19H22N2OS/c1-20-19(22)15-7-4-6-14(12-15)13-21-17-9-5-11-23-18-10-3-2-8-16(17)18/h2-4,6-8,10,12,17,21H,5,9,11,13H2,1H3,(H,20,22)/t17-/m0/s1. The summed E-state index contributed by atoms with van der Waals surface area (Å²) in [5.41, 5.74) is 3.25. The summed E-state index contributed by atoms with van der Waals surface area (Å²) in [5, 5.41) is 6.35. The number of amides is 1. The van der Waals surface area contributed by atoms with Gasteiger partial charge in [0.2, 0.25) is 0 Å². The fraction of sp³-hybridized carbons (Fsp3) is 0.316. The molecule has 0 aromatic heterocycles. The molecule has 3 nitrogen and oxygen atoms in total. The van der Waals surface area contributed by atoms with Gasteiger partial charge < -0.3 is 10.6 Å². The first kappa shape index (κ1) is 16.1. The van der Waals surface area contributed by atoms with Crippen molar-refractivity contribution >= 4 is 17.7 Å². The van der Waals surface area contributed by atoms with Gasteiger partial charge in [0.05, 0.1) is 0 Å². The van der Waals surface area contributed by atoms with E-state index >= 15 is 0 Å². The minimum Gasteiger partial charge on any atom is -0.355 e. The molecule has 1 amide bonds. The lowest BCUT2D eigenvalue weighted by Gasteiger charge is -2.19. The predicted molar refractivity (Wildman–Crippen MR) is 95.8 cm³/mol. The highest BCUT2D eigenvalue weighted by Crippen LogP contribution is 2.34. The van der Waals surface area contributed by atoms with Crippen LogP contribution in [0.25, 0.3) is 0 Å². The summed E-state index contributed by atoms with van der Waals surface area (Å²) in [7, 11) is 1.66. The van der Waals surface area contributed by atoms with Crippen molar-refractivity contribution in [1.29, 1.82) is 0 Å². The lowest BCUT2D eigenvalue weighted by molar-refractivity contribution is 0.0963. The van der Waals surface area contributed by atoms with Gasteiger partial charge in [-0.2, -0.15) is 0 Å². The zero-order valence-corrected chi connectivity index (χ0v) is 14.2. The van der Waals surface area contributed by atoms with Crippen LogP contribution in [0.5, 0.6) is 0 Å². The van der Waals surface area contributed by atoms with Crippen LogP contribution in [-0.4, -0.2) is 18.7 Å². The van der Waals surface area contributed by atoms with Crippen LogP contribution in [0.1, 0.15) is 40.4 Å². The van der Waals surface area contributed by atoms with Crippen molar-refractivity contribution in [2.75, 3.05) is 12.8 Å². The van der Waals surface area contributed by atoms with Crippen LogP contribution < -0.4 is 10.6 Å². The third-order valence-corrected chi connectivity index (χ3v) is 5.33. The van der Waals surface area contributed by atoms with Gasteiger partial charge in [-0.1, -0.05) is 30.3 Å². The van der Waals surface area contributed by atoms with Crippen LogP contribution in [-0.2, 0) is 6.54 Å². The van der Waals surface area contributed by atoms with E-state index in [0.717, 1.165) is 18.5 Å². The number of fused-ring (bicyclic) bond motifs is 1. The number of benzene rings is 2. The third-order valence-electron chi connectivity index (χ3n) is 4.16. The van der Waals surface area contributed by atoms with Crippen molar-refractivity contribution in [1.82, 2.24) is 10.6 Å². The maximum Gasteiger partial charge on any atom is 0.251 e. The van der Waals surface area contributed by atoms with E-state index in [1.807, 2.05) is 30.0 Å². The molecule has 1 aliphatic rings. The molecule has 4 heteroatoms. The van der Waals surface area contributed by atoms with E-state index < -0.39 is 0 Å². The lowest BCUT2D eigenvalue weighted by Crippen LogP contribution is -2.22. The van der Waals surface area contributed by atoms with Crippen LogP contribution >= 0.6 is 11.8 Å². The highest BCUT2D eigenvalue weighted by Gasteiger charge is 2.18. The van der Waals surface area contributed by atoms with E-state index in [9.17, 15) is 4.79 Å². The molecule has 1 heterocycles. The van der Waals surface area contributed by atoms with E-state index in [-0.39, 0.29) is 5.91 Å². The summed E-state index contributed by atoms with van der Waals surface area (Å²) in [6.45, 7) is 0.772. The van der Waals surface area contributed by atoms with Crippen molar-refractivity contribution in [2.45, 2.75) is 30.3 Å². The average molecular weight is 326 g/mol. The van der Waals surface area contributed by atoms with Crippen LogP contribution in [0.4, 0.5) is 0 Å². The van der Waals surface area contributed by atoms with E-state index in [2.05, 4.69) is 41.0 Å². The summed E-state index contributed by atoms with van der Waals surface area (Å²) in [4.78, 5) is 13.1. The average Bonchev–Trinajstić information content (AvgIpc) is 2.82. The quantitative estimate of drug-likeness (QED) is 0.899. The van der Waals surface area contributed by atoms with Gasteiger partial charge in [0.25, 0.3) is 5.91 Å². The smallest absolute Gasteiger partial charge is 0.251 e. The molecule has 2 N–H and O–H groups in total. The number of hydrogen-bond acceptors (Lipinski definition) is 3. The number of thioether (sulfide) groups is 1. The second kappa shape index (κ2) is 7.66. The summed E-state index contributed by atoms with van der Waals surface area (Å²) < 4.78 is 0. The number of rotatable bonds is 4. The maximum absolute atomic E-state index is 11.7. The largest absolute Gasteiger partial charge is 0.355 e. The van der Waals surface area contributed by atoms with Gasteiger partial charge in [-0.25, -0.2) is 0 Å². The molecule has 0 aliphatic carbocycles. The Hall–Kier alpha value is -1.78. The molecule has 0 spiro atoms. The van der Waals surface area contributed by atoms with Gasteiger partial charge >= 0.3 is 0 Å². The van der Waals surface area contributed by atoms with Gasteiger partial charge in [-0.3, -0.25) is 4.79 Å². The second-order valence-corrected chi connectivity index (χ2v) is 6.88. The summed E-state index contributed by atoms with van der Waals surface area (Å²) in [5.74, 6) is 1.14. The predicted octanol–water partition coefficient (Wildman–Crippen LogP) is 3.76. The summed E-state index contributed by atoms with van der Waals surface area (Å²) >= 11 is 1.95. The van der Waals surface area contributed by atoms with Gasteiger partial charge in [-0.15, -0.1) is 11.8 Å². The molecular formula is C19H22N2OS. The molecule has 1 aliphatic heterocycles. The zero-order chi connectivity index (χ0) is 16.1. The molecule has 0 saturated carbocycles. The molecule has 3 rings (SSSR count). The van der Waals surface area contributed by atoms with Gasteiger partial charge in [-0.05, 0) is 47.9 Å². The Morgan fingerprint density at radius 1 is 1.22 bits per heavy atom. The van der Waals surface area contributed by atoms with Crippen LogP contribution in [0, 0.1) is 0 Å². The van der Waals surface area contributed by atoms with E-state index in [1.54, 1.807) is 7.05 Å². The van der Waals surface area contributed by atoms with E-state index in [1.165, 1.54) is 22.6 Å². The Kier molecular flexibility index (Phi) is 5.36. The van der Waals surface area contributed by atoms with Gasteiger partial charge in [0, 0.05) is 30.1 Å². The normalized spacial score (nSPS) is 17.2. The fourth-order valence-electron chi connectivity index (χ4n) is 2.94. The van der Waals surface area contributed by atoms with Crippen LogP contribution in [0.3, 0.4) is 0 Å². The summed E-state index contributed by atoms with van der Waals surface area (Å²) in [6.07, 6.45) is 2.37. The first-order valence-corrected chi connectivity index (χ1v) is 9.02. The number of nitrogens with one attached hydrogen (secondary N) is 2.